The molecule has 0 fully saturated rings. The average molecular weight is 316 g/mol. The van der Waals surface area contributed by atoms with E-state index >= 15 is 0 Å². The number of nitrogens with zero attached hydrogens (tertiary/aromatic N) is 1. The molecule has 2 aromatic carbocycles. The minimum absolute atomic E-state index is 0.284. The van der Waals surface area contributed by atoms with Crippen molar-refractivity contribution in [3.63, 3.8) is 0 Å². The Labute approximate surface area is 136 Å². The van der Waals surface area contributed by atoms with E-state index < -0.39 is 0 Å². The van der Waals surface area contributed by atoms with Gasteiger partial charge in [-0.15, -0.1) is 0 Å². The molecule has 0 bridgehead atoms. The first kappa shape index (κ1) is 16.2. The van der Waals surface area contributed by atoms with Crippen molar-refractivity contribution in [2.24, 2.45) is 0 Å². The van der Waals surface area contributed by atoms with Crippen LogP contribution >= 0.6 is 11.6 Å². The molecule has 0 heterocycles. The van der Waals surface area contributed by atoms with E-state index in [4.69, 9.17) is 21.1 Å². The highest BCUT2D eigenvalue weighted by Gasteiger charge is 2.14. The summed E-state index contributed by atoms with van der Waals surface area (Å²) in [5.74, 6) is 1.13. The summed E-state index contributed by atoms with van der Waals surface area (Å²) in [6, 6.07) is 17.2. The predicted octanol–water partition coefficient (Wildman–Crippen LogP) is 4.81. The van der Waals surface area contributed by atoms with E-state index in [1.807, 2.05) is 49.4 Å². The van der Waals surface area contributed by atoms with Gasteiger partial charge >= 0.3 is 0 Å². The monoisotopic (exact) mass is 315 g/mol. The largest absolute Gasteiger partial charge is 0.490 e. The van der Waals surface area contributed by atoms with Gasteiger partial charge in [-0.3, -0.25) is 0 Å². The van der Waals surface area contributed by atoms with Gasteiger partial charge in [-0.05, 0) is 30.7 Å². The summed E-state index contributed by atoms with van der Waals surface area (Å²) in [4.78, 5) is 0. The zero-order valence-corrected chi connectivity index (χ0v) is 13.2. The lowest BCUT2D eigenvalue weighted by Gasteiger charge is -2.14. The zero-order chi connectivity index (χ0) is 15.8. The molecule has 0 aromatic heterocycles. The molecule has 1 atom stereocenters. The summed E-state index contributed by atoms with van der Waals surface area (Å²) >= 11 is 6.15. The second kappa shape index (κ2) is 8.31. The molecule has 22 heavy (non-hydrogen) atoms. The van der Waals surface area contributed by atoms with Crippen LogP contribution in [0.3, 0.4) is 0 Å². The Morgan fingerprint density at radius 1 is 1.05 bits per heavy atom. The fourth-order valence-electron chi connectivity index (χ4n) is 2.18. The summed E-state index contributed by atoms with van der Waals surface area (Å²) in [6.45, 7) is 2.94. The van der Waals surface area contributed by atoms with Gasteiger partial charge in [0.1, 0.15) is 0 Å². The second-order valence-corrected chi connectivity index (χ2v) is 5.13. The topological polar surface area (TPSA) is 42.2 Å². The SMILES string of the molecule is CCOc1ccccc1OCCC(C#N)c1ccccc1Cl. The van der Waals surface area contributed by atoms with E-state index in [0.717, 1.165) is 11.3 Å². The molecule has 0 aliphatic heterocycles. The van der Waals surface area contributed by atoms with Crippen molar-refractivity contribution in [2.75, 3.05) is 13.2 Å². The molecule has 1 unspecified atom stereocenters. The minimum Gasteiger partial charge on any atom is -0.490 e. The highest BCUT2D eigenvalue weighted by molar-refractivity contribution is 6.31. The lowest BCUT2D eigenvalue weighted by atomic mass is 9.98. The molecule has 0 saturated carbocycles. The first-order valence-corrected chi connectivity index (χ1v) is 7.62. The van der Waals surface area contributed by atoms with Crippen molar-refractivity contribution < 1.29 is 9.47 Å². The normalized spacial score (nSPS) is 11.5. The highest BCUT2D eigenvalue weighted by atomic mass is 35.5. The molecule has 114 valence electrons. The molecule has 0 spiro atoms. The van der Waals surface area contributed by atoms with E-state index in [1.54, 1.807) is 6.07 Å². The second-order valence-electron chi connectivity index (χ2n) is 4.72. The number of ether oxygens (including phenoxy) is 2. The van der Waals surface area contributed by atoms with Gasteiger partial charge in [0.05, 0.1) is 25.2 Å². The van der Waals surface area contributed by atoms with E-state index in [1.165, 1.54) is 0 Å². The Kier molecular flexibility index (Phi) is 6.12. The minimum atomic E-state index is -0.284. The molecular weight excluding hydrogens is 298 g/mol. The molecule has 2 aromatic rings. The van der Waals surface area contributed by atoms with Crippen LogP contribution in [0.5, 0.6) is 11.5 Å². The van der Waals surface area contributed by atoms with Crippen LogP contribution in [-0.2, 0) is 0 Å². The molecule has 0 aliphatic carbocycles. The molecule has 3 nitrogen and oxygen atoms in total. The smallest absolute Gasteiger partial charge is 0.161 e. The predicted molar refractivity (Wildman–Crippen MR) is 87.5 cm³/mol. The van der Waals surface area contributed by atoms with Gasteiger partial charge < -0.3 is 9.47 Å². The van der Waals surface area contributed by atoms with Gasteiger partial charge in [-0.1, -0.05) is 41.9 Å². The number of hydrogen-bond donors (Lipinski definition) is 0. The third kappa shape index (κ3) is 4.16. The third-order valence-electron chi connectivity index (χ3n) is 3.25. The van der Waals surface area contributed by atoms with Crippen LogP contribution in [0.15, 0.2) is 48.5 Å². The highest BCUT2D eigenvalue weighted by Crippen LogP contribution is 2.29. The van der Waals surface area contributed by atoms with Crippen molar-refractivity contribution in [1.29, 1.82) is 5.26 Å². The first-order chi connectivity index (χ1) is 10.8. The van der Waals surface area contributed by atoms with Crippen LogP contribution in [0.4, 0.5) is 0 Å². The summed E-state index contributed by atoms with van der Waals surface area (Å²) in [6.07, 6.45) is 0.570. The molecule has 0 radical (unpaired) electrons. The van der Waals surface area contributed by atoms with Gasteiger partial charge in [-0.25, -0.2) is 0 Å². The fourth-order valence-corrected chi connectivity index (χ4v) is 2.45. The van der Waals surface area contributed by atoms with Crippen molar-refractivity contribution in [2.45, 2.75) is 19.3 Å². The van der Waals surface area contributed by atoms with Crippen LogP contribution in [0.2, 0.25) is 5.02 Å². The van der Waals surface area contributed by atoms with Crippen molar-refractivity contribution >= 4 is 11.6 Å². The van der Waals surface area contributed by atoms with E-state index in [-0.39, 0.29) is 5.92 Å². The lowest BCUT2D eigenvalue weighted by Crippen LogP contribution is -2.06. The molecular formula is C18H18ClNO2. The van der Waals surface area contributed by atoms with Crippen LogP contribution in [0, 0.1) is 11.3 Å². The molecule has 0 amide bonds. The maximum Gasteiger partial charge on any atom is 0.161 e. The van der Waals surface area contributed by atoms with Crippen LogP contribution in [0.1, 0.15) is 24.8 Å². The summed E-state index contributed by atoms with van der Waals surface area (Å²) < 4.78 is 11.3. The lowest BCUT2D eigenvalue weighted by molar-refractivity contribution is 0.271. The number of rotatable bonds is 7. The quantitative estimate of drug-likeness (QED) is 0.736. The summed E-state index contributed by atoms with van der Waals surface area (Å²) in [7, 11) is 0. The van der Waals surface area contributed by atoms with Crippen LogP contribution in [0.25, 0.3) is 0 Å². The van der Waals surface area contributed by atoms with E-state index in [9.17, 15) is 5.26 Å². The summed E-state index contributed by atoms with van der Waals surface area (Å²) in [5.41, 5.74) is 0.841. The van der Waals surface area contributed by atoms with Crippen LogP contribution < -0.4 is 9.47 Å². The number of halogens is 1. The Hall–Kier alpha value is -2.18. The third-order valence-corrected chi connectivity index (χ3v) is 3.59. The molecule has 4 heteroatoms. The van der Waals surface area contributed by atoms with Gasteiger partial charge in [0.15, 0.2) is 11.5 Å². The van der Waals surface area contributed by atoms with E-state index in [2.05, 4.69) is 6.07 Å². The van der Waals surface area contributed by atoms with Crippen molar-refractivity contribution in [3.05, 3.63) is 59.1 Å². The Morgan fingerprint density at radius 2 is 1.68 bits per heavy atom. The van der Waals surface area contributed by atoms with Gasteiger partial charge in [0.25, 0.3) is 0 Å². The Balaban J connectivity index is 1.98. The maximum atomic E-state index is 9.35. The number of nitriles is 1. The molecule has 0 saturated heterocycles. The number of benzene rings is 2. The van der Waals surface area contributed by atoms with Gasteiger partial charge in [0, 0.05) is 11.4 Å². The fraction of sp³-hybridized carbons (Fsp3) is 0.278. The van der Waals surface area contributed by atoms with Crippen molar-refractivity contribution in [1.82, 2.24) is 0 Å². The zero-order valence-electron chi connectivity index (χ0n) is 12.5. The average Bonchev–Trinajstić information content (AvgIpc) is 2.54. The standard InChI is InChI=1S/C18H18ClNO2/c1-2-21-17-9-5-6-10-18(17)22-12-11-14(13-20)15-7-3-4-8-16(15)19/h3-10,14H,2,11-12H2,1H3. The Bertz CT molecular complexity index is 652. The molecule has 2 rings (SSSR count). The molecule has 0 N–H and O–H groups in total. The first-order valence-electron chi connectivity index (χ1n) is 7.25. The number of hydrogen-bond acceptors (Lipinski definition) is 3. The van der Waals surface area contributed by atoms with E-state index in [0.29, 0.717) is 30.4 Å². The summed E-state index contributed by atoms with van der Waals surface area (Å²) in [5, 5.41) is 9.97. The van der Waals surface area contributed by atoms with Gasteiger partial charge in [0.2, 0.25) is 0 Å². The van der Waals surface area contributed by atoms with Gasteiger partial charge in [-0.2, -0.15) is 5.26 Å². The molecule has 0 aliphatic rings. The van der Waals surface area contributed by atoms with Crippen molar-refractivity contribution in [3.8, 4) is 17.6 Å². The van der Waals surface area contributed by atoms with Crippen LogP contribution in [-0.4, -0.2) is 13.2 Å². The Morgan fingerprint density at radius 3 is 2.32 bits per heavy atom. The maximum absolute atomic E-state index is 9.35. The number of para-hydroxylation sites is 2.